The zero-order chi connectivity index (χ0) is 16.4. The van der Waals surface area contributed by atoms with Gasteiger partial charge >= 0.3 is 0 Å². The van der Waals surface area contributed by atoms with Gasteiger partial charge in [0.05, 0.1) is 5.69 Å². The van der Waals surface area contributed by atoms with Gasteiger partial charge in [-0.1, -0.05) is 0 Å². The fraction of sp³-hybridized carbons (Fsp3) is 0.467. The van der Waals surface area contributed by atoms with Crippen molar-refractivity contribution < 1.29 is 9.59 Å². The van der Waals surface area contributed by atoms with Gasteiger partial charge in [-0.05, 0) is 25.8 Å². The number of anilines is 1. The van der Waals surface area contributed by atoms with Crippen molar-refractivity contribution in [1.82, 2.24) is 24.9 Å². The molecular weight excluding hydrogens is 296 g/mol. The van der Waals surface area contributed by atoms with E-state index in [0.29, 0.717) is 13.0 Å². The maximum atomic E-state index is 12.7. The van der Waals surface area contributed by atoms with Crippen molar-refractivity contribution in [2.75, 3.05) is 11.4 Å². The molecule has 8 nitrogen and oxygen atoms in total. The van der Waals surface area contributed by atoms with Crippen molar-refractivity contribution in [1.29, 1.82) is 0 Å². The summed E-state index contributed by atoms with van der Waals surface area (Å²) in [6, 6.07) is 3.14. The van der Waals surface area contributed by atoms with Crippen LogP contribution in [0.4, 0.5) is 5.82 Å². The Morgan fingerprint density at radius 3 is 2.96 bits per heavy atom. The molecule has 3 heterocycles. The standard InChI is InChI=1S/C15H20N6O2/c1-11-9-14(19(2)18-11)21-8-3-5-12(15(21)23)17-13(22)10-20-7-4-6-16-20/h4,6-7,9,12H,3,5,8,10H2,1-2H3,(H,17,22). The normalized spacial score (nSPS) is 18.3. The molecule has 2 aromatic rings. The lowest BCUT2D eigenvalue weighted by atomic mass is 10.0. The zero-order valence-electron chi connectivity index (χ0n) is 13.3. The average molecular weight is 316 g/mol. The predicted octanol–water partition coefficient (Wildman–Crippen LogP) is 0.237. The number of aryl methyl sites for hydroxylation is 2. The third kappa shape index (κ3) is 3.25. The second-order valence-corrected chi connectivity index (χ2v) is 5.72. The van der Waals surface area contributed by atoms with Crippen LogP contribution in [0.15, 0.2) is 24.5 Å². The maximum absolute atomic E-state index is 12.7. The SMILES string of the molecule is Cc1cc(N2CCCC(NC(=O)Cn3cccn3)C2=O)n(C)n1. The summed E-state index contributed by atoms with van der Waals surface area (Å²) in [5.41, 5.74) is 0.861. The molecule has 1 N–H and O–H groups in total. The minimum absolute atomic E-state index is 0.0898. The Morgan fingerprint density at radius 1 is 1.48 bits per heavy atom. The topological polar surface area (TPSA) is 85.0 Å². The molecule has 1 fully saturated rings. The summed E-state index contributed by atoms with van der Waals surface area (Å²) in [7, 11) is 1.81. The Bertz CT molecular complexity index is 706. The number of nitrogens with zero attached hydrogens (tertiary/aromatic N) is 5. The molecule has 0 radical (unpaired) electrons. The lowest BCUT2D eigenvalue weighted by Crippen LogP contribution is -2.53. The summed E-state index contributed by atoms with van der Waals surface area (Å²) < 4.78 is 3.23. The number of carbonyl (C=O) groups excluding carboxylic acids is 2. The lowest BCUT2D eigenvalue weighted by Gasteiger charge is -2.32. The van der Waals surface area contributed by atoms with Crippen molar-refractivity contribution >= 4 is 17.6 Å². The highest BCUT2D eigenvalue weighted by Crippen LogP contribution is 2.21. The highest BCUT2D eigenvalue weighted by molar-refractivity contribution is 5.99. The number of rotatable bonds is 4. The van der Waals surface area contributed by atoms with Crippen LogP contribution in [0.3, 0.4) is 0 Å². The minimum atomic E-state index is -0.498. The van der Waals surface area contributed by atoms with Gasteiger partial charge in [0, 0.05) is 32.1 Å². The zero-order valence-corrected chi connectivity index (χ0v) is 13.3. The van der Waals surface area contributed by atoms with Gasteiger partial charge in [0.15, 0.2) is 0 Å². The molecule has 3 rings (SSSR count). The van der Waals surface area contributed by atoms with Crippen molar-refractivity contribution in [3.8, 4) is 0 Å². The molecule has 0 aromatic carbocycles. The molecule has 1 aliphatic heterocycles. The number of hydrogen-bond donors (Lipinski definition) is 1. The number of amides is 2. The molecule has 1 aliphatic rings. The Labute approximate surface area is 134 Å². The van der Waals surface area contributed by atoms with Crippen molar-refractivity contribution in [2.45, 2.75) is 32.4 Å². The van der Waals surface area contributed by atoms with E-state index in [0.717, 1.165) is 17.9 Å². The summed E-state index contributed by atoms with van der Waals surface area (Å²) >= 11 is 0. The molecule has 0 aliphatic carbocycles. The van der Waals surface area contributed by atoms with Crippen molar-refractivity contribution in [3.05, 3.63) is 30.2 Å². The van der Waals surface area contributed by atoms with E-state index in [9.17, 15) is 9.59 Å². The second-order valence-electron chi connectivity index (χ2n) is 5.72. The molecule has 23 heavy (non-hydrogen) atoms. The number of nitrogens with one attached hydrogen (secondary N) is 1. The lowest BCUT2D eigenvalue weighted by molar-refractivity contribution is -0.128. The number of aromatic nitrogens is 4. The van der Waals surface area contributed by atoms with E-state index in [4.69, 9.17) is 0 Å². The Kier molecular flexibility index (Phi) is 4.14. The monoisotopic (exact) mass is 316 g/mol. The molecule has 2 aromatic heterocycles. The van der Waals surface area contributed by atoms with E-state index >= 15 is 0 Å². The van der Waals surface area contributed by atoms with E-state index in [2.05, 4.69) is 15.5 Å². The van der Waals surface area contributed by atoms with Gasteiger partial charge < -0.3 is 5.32 Å². The van der Waals surface area contributed by atoms with Gasteiger partial charge in [-0.25, -0.2) is 0 Å². The molecular formula is C15H20N6O2. The van der Waals surface area contributed by atoms with Crippen LogP contribution in [0.25, 0.3) is 0 Å². The van der Waals surface area contributed by atoms with E-state index in [-0.39, 0.29) is 18.4 Å². The third-order valence-corrected chi connectivity index (χ3v) is 3.89. The van der Waals surface area contributed by atoms with Crippen LogP contribution >= 0.6 is 0 Å². The molecule has 8 heteroatoms. The first-order chi connectivity index (χ1) is 11.0. The Morgan fingerprint density at radius 2 is 2.30 bits per heavy atom. The summed E-state index contributed by atoms with van der Waals surface area (Å²) in [6.45, 7) is 2.65. The van der Waals surface area contributed by atoms with Crippen LogP contribution in [0.5, 0.6) is 0 Å². The highest BCUT2D eigenvalue weighted by atomic mass is 16.2. The maximum Gasteiger partial charge on any atom is 0.250 e. The summed E-state index contributed by atoms with van der Waals surface area (Å²) in [5, 5.41) is 11.1. The Balaban J connectivity index is 1.67. The molecule has 1 atom stereocenters. The van der Waals surface area contributed by atoms with Crippen LogP contribution in [-0.4, -0.2) is 44.0 Å². The quantitative estimate of drug-likeness (QED) is 0.875. The van der Waals surface area contributed by atoms with Crippen LogP contribution in [0.1, 0.15) is 18.5 Å². The molecule has 122 valence electrons. The van der Waals surface area contributed by atoms with Gasteiger partial charge in [0.25, 0.3) is 5.91 Å². The van der Waals surface area contributed by atoms with Crippen molar-refractivity contribution in [2.24, 2.45) is 7.05 Å². The van der Waals surface area contributed by atoms with Gasteiger partial charge in [0.2, 0.25) is 5.91 Å². The number of hydrogen-bond acceptors (Lipinski definition) is 4. The molecule has 1 unspecified atom stereocenters. The minimum Gasteiger partial charge on any atom is -0.343 e. The van der Waals surface area contributed by atoms with Gasteiger partial charge in [0.1, 0.15) is 18.4 Å². The van der Waals surface area contributed by atoms with E-state index < -0.39 is 6.04 Å². The van der Waals surface area contributed by atoms with Crippen molar-refractivity contribution in [3.63, 3.8) is 0 Å². The van der Waals surface area contributed by atoms with Crippen LogP contribution in [0, 0.1) is 6.92 Å². The first-order valence-electron chi connectivity index (χ1n) is 7.63. The average Bonchev–Trinajstić information content (AvgIpc) is 3.11. The van der Waals surface area contributed by atoms with Crippen LogP contribution in [0.2, 0.25) is 0 Å². The smallest absolute Gasteiger partial charge is 0.250 e. The predicted molar refractivity (Wildman–Crippen MR) is 83.7 cm³/mol. The molecule has 2 amide bonds. The van der Waals surface area contributed by atoms with E-state index in [1.54, 1.807) is 28.0 Å². The van der Waals surface area contributed by atoms with E-state index in [1.165, 1.54) is 4.68 Å². The molecule has 0 spiro atoms. The Hall–Kier alpha value is -2.64. The first kappa shape index (κ1) is 15.3. The number of piperidine rings is 1. The fourth-order valence-corrected chi connectivity index (χ4v) is 2.87. The summed E-state index contributed by atoms with van der Waals surface area (Å²) in [4.78, 5) is 26.4. The molecule has 0 bridgehead atoms. The summed E-state index contributed by atoms with van der Waals surface area (Å²) in [5.74, 6) is 0.460. The molecule has 1 saturated heterocycles. The van der Waals surface area contributed by atoms with E-state index in [1.807, 2.05) is 20.0 Å². The second kappa shape index (κ2) is 6.23. The van der Waals surface area contributed by atoms with Gasteiger partial charge in [-0.15, -0.1) is 0 Å². The first-order valence-corrected chi connectivity index (χ1v) is 7.63. The highest BCUT2D eigenvalue weighted by Gasteiger charge is 2.32. The number of carbonyl (C=O) groups is 2. The van der Waals surface area contributed by atoms with Gasteiger partial charge in [-0.2, -0.15) is 10.2 Å². The van der Waals surface area contributed by atoms with Crippen LogP contribution in [-0.2, 0) is 23.2 Å². The molecule has 0 saturated carbocycles. The fourth-order valence-electron chi connectivity index (χ4n) is 2.87. The van der Waals surface area contributed by atoms with Gasteiger partial charge in [-0.3, -0.25) is 23.9 Å². The largest absolute Gasteiger partial charge is 0.343 e. The third-order valence-electron chi connectivity index (χ3n) is 3.89. The summed E-state index contributed by atoms with van der Waals surface area (Å²) in [6.07, 6.45) is 4.82. The van der Waals surface area contributed by atoms with Crippen LogP contribution < -0.4 is 10.2 Å².